The van der Waals surface area contributed by atoms with Gasteiger partial charge < -0.3 is 11.1 Å². The summed E-state index contributed by atoms with van der Waals surface area (Å²) in [6.45, 7) is 2.96. The van der Waals surface area contributed by atoms with Crippen molar-refractivity contribution in [3.63, 3.8) is 0 Å². The van der Waals surface area contributed by atoms with Gasteiger partial charge in [0.2, 0.25) is 5.91 Å². The van der Waals surface area contributed by atoms with E-state index in [9.17, 15) is 4.79 Å². The van der Waals surface area contributed by atoms with E-state index >= 15 is 0 Å². The van der Waals surface area contributed by atoms with Crippen LogP contribution in [0.25, 0.3) is 0 Å². The van der Waals surface area contributed by atoms with Crippen molar-refractivity contribution in [2.45, 2.75) is 25.8 Å². The van der Waals surface area contributed by atoms with Gasteiger partial charge in [0.05, 0.1) is 0 Å². The van der Waals surface area contributed by atoms with E-state index in [0.717, 1.165) is 38.3 Å². The number of aromatic nitrogens is 1. The average molecular weight is 262 g/mol. The van der Waals surface area contributed by atoms with Crippen molar-refractivity contribution < 1.29 is 4.79 Å². The largest absolute Gasteiger partial charge is 0.373 e. The molecular formula is C14H22N4O. The molecule has 0 aromatic carbocycles. The fourth-order valence-corrected chi connectivity index (χ4v) is 2.67. The lowest BCUT2D eigenvalue weighted by atomic mass is 9.93. The molecule has 1 fully saturated rings. The third-order valence-corrected chi connectivity index (χ3v) is 3.72. The topological polar surface area (TPSA) is 71.2 Å². The molecule has 5 nitrogen and oxygen atoms in total. The molecule has 0 atom stereocenters. The van der Waals surface area contributed by atoms with Gasteiger partial charge in [0.25, 0.3) is 0 Å². The predicted molar refractivity (Wildman–Crippen MR) is 75.6 cm³/mol. The summed E-state index contributed by atoms with van der Waals surface area (Å²) in [5, 5.41) is 3.12. The molecule has 0 unspecified atom stereocenters. The van der Waals surface area contributed by atoms with E-state index in [1.54, 1.807) is 6.20 Å². The van der Waals surface area contributed by atoms with Crippen molar-refractivity contribution in [3.8, 4) is 0 Å². The molecule has 1 aromatic heterocycles. The number of pyridine rings is 1. The Balaban J connectivity index is 1.87. The SMILES string of the molecule is CNc1ncccc1CN1CCC(CC(N)=O)CC1. The molecule has 3 N–H and O–H groups in total. The average Bonchev–Trinajstić information content (AvgIpc) is 2.41. The van der Waals surface area contributed by atoms with Gasteiger partial charge in [0, 0.05) is 31.8 Å². The fraction of sp³-hybridized carbons (Fsp3) is 0.571. The number of carbonyl (C=O) groups is 1. The normalized spacial score (nSPS) is 17.3. The van der Waals surface area contributed by atoms with Gasteiger partial charge in [-0.15, -0.1) is 0 Å². The highest BCUT2D eigenvalue weighted by molar-refractivity contribution is 5.73. The summed E-state index contributed by atoms with van der Waals surface area (Å²) in [6, 6.07) is 4.07. The van der Waals surface area contributed by atoms with Crippen molar-refractivity contribution in [2.75, 3.05) is 25.5 Å². The molecule has 104 valence electrons. The number of amides is 1. The quantitative estimate of drug-likeness (QED) is 0.836. The lowest BCUT2D eigenvalue weighted by molar-refractivity contribution is -0.119. The van der Waals surface area contributed by atoms with E-state index in [-0.39, 0.29) is 5.91 Å². The Labute approximate surface area is 114 Å². The van der Waals surface area contributed by atoms with Crippen LogP contribution in [0.2, 0.25) is 0 Å². The minimum Gasteiger partial charge on any atom is -0.373 e. The van der Waals surface area contributed by atoms with Gasteiger partial charge in [0.1, 0.15) is 5.82 Å². The molecule has 1 aliphatic rings. The summed E-state index contributed by atoms with van der Waals surface area (Å²) in [4.78, 5) is 17.6. The van der Waals surface area contributed by atoms with Crippen LogP contribution in [0.5, 0.6) is 0 Å². The van der Waals surface area contributed by atoms with Crippen LogP contribution in [-0.2, 0) is 11.3 Å². The number of primary amides is 1. The molecule has 0 bridgehead atoms. The van der Waals surface area contributed by atoms with Gasteiger partial charge in [-0.05, 0) is 37.9 Å². The number of piperidine rings is 1. The van der Waals surface area contributed by atoms with E-state index in [4.69, 9.17) is 5.73 Å². The van der Waals surface area contributed by atoms with Crippen LogP contribution in [0.3, 0.4) is 0 Å². The highest BCUT2D eigenvalue weighted by Crippen LogP contribution is 2.22. The van der Waals surface area contributed by atoms with Crippen molar-refractivity contribution in [1.82, 2.24) is 9.88 Å². The third kappa shape index (κ3) is 3.92. The van der Waals surface area contributed by atoms with Gasteiger partial charge in [-0.2, -0.15) is 0 Å². The molecule has 2 heterocycles. The van der Waals surface area contributed by atoms with Crippen molar-refractivity contribution in [3.05, 3.63) is 23.9 Å². The van der Waals surface area contributed by atoms with Gasteiger partial charge in [0.15, 0.2) is 0 Å². The first-order valence-corrected chi connectivity index (χ1v) is 6.81. The number of anilines is 1. The second-order valence-electron chi connectivity index (χ2n) is 5.15. The number of likely N-dealkylation sites (tertiary alicyclic amines) is 1. The van der Waals surface area contributed by atoms with Crippen LogP contribution >= 0.6 is 0 Å². The van der Waals surface area contributed by atoms with Crippen molar-refractivity contribution in [1.29, 1.82) is 0 Å². The first kappa shape index (κ1) is 13.8. The summed E-state index contributed by atoms with van der Waals surface area (Å²) in [6.07, 6.45) is 4.44. The van der Waals surface area contributed by atoms with Crippen LogP contribution in [0.15, 0.2) is 18.3 Å². The third-order valence-electron chi connectivity index (χ3n) is 3.72. The highest BCUT2D eigenvalue weighted by atomic mass is 16.1. The first-order valence-electron chi connectivity index (χ1n) is 6.81. The zero-order valence-corrected chi connectivity index (χ0v) is 11.4. The van der Waals surface area contributed by atoms with Crippen molar-refractivity contribution in [2.24, 2.45) is 11.7 Å². The zero-order valence-electron chi connectivity index (χ0n) is 11.4. The maximum Gasteiger partial charge on any atom is 0.217 e. The minimum absolute atomic E-state index is 0.178. The van der Waals surface area contributed by atoms with Crippen molar-refractivity contribution >= 4 is 11.7 Å². The second-order valence-corrected chi connectivity index (χ2v) is 5.15. The van der Waals surface area contributed by atoms with Crippen LogP contribution in [-0.4, -0.2) is 35.9 Å². The van der Waals surface area contributed by atoms with Gasteiger partial charge in [-0.25, -0.2) is 4.98 Å². The number of carbonyl (C=O) groups excluding carboxylic acids is 1. The molecule has 1 amide bonds. The van der Waals surface area contributed by atoms with E-state index in [0.29, 0.717) is 12.3 Å². The summed E-state index contributed by atoms with van der Waals surface area (Å²) in [7, 11) is 1.89. The van der Waals surface area contributed by atoms with Crippen LogP contribution in [0, 0.1) is 5.92 Å². The number of hydrogen-bond acceptors (Lipinski definition) is 4. The fourth-order valence-electron chi connectivity index (χ4n) is 2.67. The van der Waals surface area contributed by atoms with Crippen LogP contribution < -0.4 is 11.1 Å². The second kappa shape index (κ2) is 6.52. The molecule has 1 aromatic rings. The Bertz CT molecular complexity index is 427. The van der Waals surface area contributed by atoms with Gasteiger partial charge in [-0.1, -0.05) is 6.07 Å². The number of hydrogen-bond donors (Lipinski definition) is 2. The summed E-state index contributed by atoms with van der Waals surface area (Å²) in [5.74, 6) is 1.23. The smallest absolute Gasteiger partial charge is 0.217 e. The van der Waals surface area contributed by atoms with Gasteiger partial charge in [-0.3, -0.25) is 9.69 Å². The molecular weight excluding hydrogens is 240 g/mol. The Hall–Kier alpha value is -1.62. The Morgan fingerprint density at radius 3 is 2.89 bits per heavy atom. The Kier molecular flexibility index (Phi) is 4.74. The van der Waals surface area contributed by atoms with Crippen LogP contribution in [0.4, 0.5) is 5.82 Å². The van der Waals surface area contributed by atoms with E-state index in [1.807, 2.05) is 13.1 Å². The van der Waals surface area contributed by atoms with E-state index in [2.05, 4.69) is 21.3 Å². The molecule has 1 aliphatic heterocycles. The predicted octanol–water partition coefficient (Wildman–Crippen LogP) is 1.21. The van der Waals surface area contributed by atoms with Gasteiger partial charge >= 0.3 is 0 Å². The van der Waals surface area contributed by atoms with E-state index in [1.165, 1.54) is 5.56 Å². The molecule has 0 spiro atoms. The number of nitrogens with zero attached hydrogens (tertiary/aromatic N) is 2. The summed E-state index contributed by atoms with van der Waals surface area (Å²) >= 11 is 0. The lowest BCUT2D eigenvalue weighted by Gasteiger charge is -2.31. The molecule has 1 saturated heterocycles. The standard InChI is InChI=1S/C14H22N4O/c1-16-14-12(3-2-6-17-14)10-18-7-4-11(5-8-18)9-13(15)19/h2-3,6,11H,4-5,7-10H2,1H3,(H2,15,19)(H,16,17). The molecule has 0 saturated carbocycles. The van der Waals surface area contributed by atoms with Crippen LogP contribution in [0.1, 0.15) is 24.8 Å². The monoisotopic (exact) mass is 262 g/mol. The maximum absolute atomic E-state index is 10.9. The highest BCUT2D eigenvalue weighted by Gasteiger charge is 2.21. The first-order chi connectivity index (χ1) is 9.19. The number of nitrogens with two attached hydrogens (primary N) is 1. The number of nitrogens with one attached hydrogen (secondary N) is 1. The molecule has 0 aliphatic carbocycles. The molecule has 19 heavy (non-hydrogen) atoms. The molecule has 0 radical (unpaired) electrons. The Morgan fingerprint density at radius 1 is 1.53 bits per heavy atom. The lowest BCUT2D eigenvalue weighted by Crippen LogP contribution is -2.34. The zero-order chi connectivity index (χ0) is 13.7. The maximum atomic E-state index is 10.9. The number of rotatable bonds is 5. The molecule has 2 rings (SSSR count). The minimum atomic E-state index is -0.178. The summed E-state index contributed by atoms with van der Waals surface area (Å²) in [5.41, 5.74) is 6.47. The van der Waals surface area contributed by atoms with E-state index < -0.39 is 0 Å². The molecule has 5 heteroatoms. The Morgan fingerprint density at radius 2 is 2.26 bits per heavy atom. The summed E-state index contributed by atoms with van der Waals surface area (Å²) < 4.78 is 0.